The molecule has 0 amide bonds. The molecule has 2 aliphatic heterocycles. The molecular weight excluding hydrogens is 304 g/mol. The van der Waals surface area contributed by atoms with Gasteiger partial charge in [0.05, 0.1) is 11.7 Å². The van der Waals surface area contributed by atoms with E-state index >= 15 is 0 Å². The summed E-state index contributed by atoms with van der Waals surface area (Å²) < 4.78 is 11.3. The summed E-state index contributed by atoms with van der Waals surface area (Å²) in [6.07, 6.45) is 7.16. The lowest BCUT2D eigenvalue weighted by atomic mass is 9.82. The third kappa shape index (κ3) is 3.34. The quantitative estimate of drug-likeness (QED) is 0.293. The zero-order valence-electron chi connectivity index (χ0n) is 15.0. The predicted octanol–water partition coefficient (Wildman–Crippen LogP) is 3.75. The van der Waals surface area contributed by atoms with Crippen molar-refractivity contribution in [1.29, 1.82) is 0 Å². The Kier molecular flexibility index (Phi) is 4.69. The van der Waals surface area contributed by atoms with Gasteiger partial charge in [-0.3, -0.25) is 4.79 Å². The second-order valence-electron chi connectivity index (χ2n) is 7.90. The number of fused-ring (bicyclic) bond motifs is 2. The van der Waals surface area contributed by atoms with Crippen LogP contribution in [0, 0.1) is 11.8 Å². The molecule has 0 aromatic heterocycles. The van der Waals surface area contributed by atoms with Crippen LogP contribution >= 0.6 is 0 Å². The van der Waals surface area contributed by atoms with E-state index in [4.69, 9.17) is 9.47 Å². The maximum absolute atomic E-state index is 12.8. The number of ketones is 1. The fraction of sp³-hybridized carbons (Fsp3) is 0.700. The van der Waals surface area contributed by atoms with Crippen LogP contribution in [0.4, 0.5) is 0 Å². The summed E-state index contributed by atoms with van der Waals surface area (Å²) in [5.74, 6) is -0.722. The van der Waals surface area contributed by atoms with Gasteiger partial charge in [0.25, 0.3) is 0 Å². The van der Waals surface area contributed by atoms with Crippen molar-refractivity contribution >= 4 is 11.8 Å². The van der Waals surface area contributed by atoms with E-state index in [0.29, 0.717) is 12.0 Å². The first-order chi connectivity index (χ1) is 11.3. The zero-order chi connectivity index (χ0) is 17.5. The summed E-state index contributed by atoms with van der Waals surface area (Å²) in [6.45, 7) is 10.1. The molecule has 4 heteroatoms. The minimum atomic E-state index is -0.673. The van der Waals surface area contributed by atoms with Gasteiger partial charge in [-0.1, -0.05) is 25.2 Å². The van der Waals surface area contributed by atoms with Crippen LogP contribution in [0.5, 0.6) is 0 Å². The first-order valence-corrected chi connectivity index (χ1v) is 9.09. The molecule has 2 heterocycles. The Balaban J connectivity index is 1.81. The van der Waals surface area contributed by atoms with Crippen LogP contribution in [0.15, 0.2) is 23.8 Å². The molecule has 24 heavy (non-hydrogen) atoms. The Bertz CT molecular complexity index is 590. The van der Waals surface area contributed by atoms with Gasteiger partial charge < -0.3 is 9.47 Å². The van der Waals surface area contributed by atoms with Crippen molar-refractivity contribution in [1.82, 2.24) is 0 Å². The van der Waals surface area contributed by atoms with Gasteiger partial charge in [-0.15, -0.1) is 0 Å². The largest absolute Gasteiger partial charge is 0.450 e. The standard InChI is InChI=1S/C20H28O4/c1-12-7-5-9-13(2)17(21)18-15(14(3)19(22)23-18)11-16-20(4,24-16)10-6-8-12/h8,13,15-16,18H,3,5-7,9-11H2,1-2,4H3/t13-,15+,16-,18?,20-/m1/s1. The third-order valence-corrected chi connectivity index (χ3v) is 5.92. The summed E-state index contributed by atoms with van der Waals surface area (Å²) in [6, 6.07) is 0. The molecule has 2 fully saturated rings. The molecule has 0 spiro atoms. The number of ether oxygens (including phenoxy) is 2. The normalized spacial score (nSPS) is 41.0. The van der Waals surface area contributed by atoms with Crippen molar-refractivity contribution < 1.29 is 19.1 Å². The number of esters is 1. The molecule has 0 aromatic carbocycles. The number of rotatable bonds is 0. The minimum Gasteiger partial charge on any atom is -0.450 e. The monoisotopic (exact) mass is 332 g/mol. The zero-order valence-corrected chi connectivity index (χ0v) is 15.0. The molecule has 1 aliphatic carbocycles. The Labute approximate surface area is 144 Å². The Morgan fingerprint density at radius 3 is 2.83 bits per heavy atom. The molecule has 0 bridgehead atoms. The van der Waals surface area contributed by atoms with Crippen molar-refractivity contribution in [2.24, 2.45) is 11.8 Å². The van der Waals surface area contributed by atoms with E-state index in [1.807, 2.05) is 6.92 Å². The maximum atomic E-state index is 12.8. The van der Waals surface area contributed by atoms with Gasteiger partial charge in [-0.25, -0.2) is 4.79 Å². The second-order valence-corrected chi connectivity index (χ2v) is 7.90. The lowest BCUT2D eigenvalue weighted by molar-refractivity contribution is -0.148. The SMILES string of the molecule is C=C1C(=O)OC2C(=O)[C@H](C)CCCC(C)=CCC[C@@]3(C)O[C@@H]3C[C@@H]12. The van der Waals surface area contributed by atoms with Crippen LogP contribution < -0.4 is 0 Å². The highest BCUT2D eigenvalue weighted by Crippen LogP contribution is 2.47. The molecule has 1 unspecified atom stereocenters. The lowest BCUT2D eigenvalue weighted by Crippen LogP contribution is -2.33. The van der Waals surface area contributed by atoms with Crippen LogP contribution in [0.25, 0.3) is 0 Å². The molecule has 3 aliphatic rings. The van der Waals surface area contributed by atoms with Gasteiger partial charge in [-0.05, 0) is 52.4 Å². The van der Waals surface area contributed by atoms with E-state index in [-0.39, 0.29) is 29.3 Å². The van der Waals surface area contributed by atoms with Crippen molar-refractivity contribution in [3.8, 4) is 0 Å². The molecule has 2 saturated heterocycles. The van der Waals surface area contributed by atoms with Crippen molar-refractivity contribution in [2.75, 3.05) is 0 Å². The molecule has 0 saturated carbocycles. The fourth-order valence-corrected chi connectivity index (χ4v) is 3.99. The number of Topliss-reactive ketones (excluding diaryl/α,β-unsaturated/α-hetero) is 1. The predicted molar refractivity (Wildman–Crippen MR) is 91.4 cm³/mol. The van der Waals surface area contributed by atoms with Gasteiger partial charge in [0, 0.05) is 17.4 Å². The smallest absolute Gasteiger partial charge is 0.334 e. The van der Waals surface area contributed by atoms with Crippen molar-refractivity contribution in [2.45, 2.75) is 77.1 Å². The van der Waals surface area contributed by atoms with Crippen LogP contribution in [-0.2, 0) is 19.1 Å². The summed E-state index contributed by atoms with van der Waals surface area (Å²) in [7, 11) is 0. The number of carbonyl (C=O) groups excluding carboxylic acids is 2. The molecule has 0 radical (unpaired) electrons. The van der Waals surface area contributed by atoms with E-state index in [9.17, 15) is 9.59 Å². The van der Waals surface area contributed by atoms with Gasteiger partial charge in [0.1, 0.15) is 0 Å². The number of hydrogen-bond acceptors (Lipinski definition) is 4. The average Bonchev–Trinajstić information content (AvgIpc) is 3.08. The van der Waals surface area contributed by atoms with Crippen LogP contribution in [0.2, 0.25) is 0 Å². The molecule has 5 atom stereocenters. The molecule has 0 N–H and O–H groups in total. The fourth-order valence-electron chi connectivity index (χ4n) is 3.99. The molecule has 0 aromatic rings. The number of hydrogen-bond donors (Lipinski definition) is 0. The van der Waals surface area contributed by atoms with Crippen LogP contribution in [-0.4, -0.2) is 29.6 Å². The topological polar surface area (TPSA) is 55.9 Å². The highest BCUT2D eigenvalue weighted by atomic mass is 16.6. The van der Waals surface area contributed by atoms with Gasteiger partial charge in [0.15, 0.2) is 11.9 Å². The Hall–Kier alpha value is -1.42. The summed E-state index contributed by atoms with van der Waals surface area (Å²) in [5.41, 5.74) is 1.67. The number of carbonyl (C=O) groups is 2. The lowest BCUT2D eigenvalue weighted by Gasteiger charge is -2.20. The van der Waals surface area contributed by atoms with E-state index in [1.165, 1.54) is 5.57 Å². The Morgan fingerprint density at radius 1 is 1.33 bits per heavy atom. The van der Waals surface area contributed by atoms with E-state index in [0.717, 1.165) is 32.1 Å². The Morgan fingerprint density at radius 2 is 2.08 bits per heavy atom. The van der Waals surface area contributed by atoms with Crippen LogP contribution in [0.3, 0.4) is 0 Å². The van der Waals surface area contributed by atoms with Crippen molar-refractivity contribution in [3.05, 3.63) is 23.8 Å². The highest BCUT2D eigenvalue weighted by Gasteiger charge is 2.55. The number of epoxide rings is 1. The van der Waals surface area contributed by atoms with Gasteiger partial charge in [-0.2, -0.15) is 0 Å². The van der Waals surface area contributed by atoms with E-state index < -0.39 is 12.1 Å². The van der Waals surface area contributed by atoms with Gasteiger partial charge >= 0.3 is 5.97 Å². The maximum Gasteiger partial charge on any atom is 0.334 e. The van der Waals surface area contributed by atoms with E-state index in [2.05, 4.69) is 26.5 Å². The average molecular weight is 332 g/mol. The summed E-state index contributed by atoms with van der Waals surface area (Å²) >= 11 is 0. The van der Waals surface area contributed by atoms with Crippen molar-refractivity contribution in [3.63, 3.8) is 0 Å². The van der Waals surface area contributed by atoms with Gasteiger partial charge in [0.2, 0.25) is 0 Å². The first kappa shape index (κ1) is 17.4. The molecule has 132 valence electrons. The summed E-state index contributed by atoms with van der Waals surface area (Å²) in [4.78, 5) is 24.8. The second kappa shape index (κ2) is 6.47. The molecule has 4 nitrogen and oxygen atoms in total. The first-order valence-electron chi connectivity index (χ1n) is 9.09. The summed E-state index contributed by atoms with van der Waals surface area (Å²) in [5, 5.41) is 0. The van der Waals surface area contributed by atoms with Crippen LogP contribution in [0.1, 0.15) is 59.3 Å². The number of allylic oxidation sites excluding steroid dienone is 2. The third-order valence-electron chi connectivity index (χ3n) is 5.92. The highest BCUT2D eigenvalue weighted by molar-refractivity contribution is 5.98. The van der Waals surface area contributed by atoms with E-state index in [1.54, 1.807) is 0 Å². The minimum absolute atomic E-state index is 0.0352. The molecule has 3 rings (SSSR count). The molecular formula is C20H28O4.